The monoisotopic (exact) mass is 490 g/mol. The molecule has 0 aliphatic carbocycles. The lowest BCUT2D eigenvalue weighted by Gasteiger charge is -2.12. The van der Waals surface area contributed by atoms with Crippen LogP contribution < -0.4 is 16.6 Å². The summed E-state index contributed by atoms with van der Waals surface area (Å²) < 4.78 is 16.4. The molecule has 4 rings (SSSR count). The van der Waals surface area contributed by atoms with Crippen molar-refractivity contribution in [3.05, 3.63) is 79.7 Å². The average Bonchev–Trinajstić information content (AvgIpc) is 3.20. The number of carbonyl (C=O) groups excluding carboxylic acids is 1. The molecule has 2 aromatic heterocycles. The lowest BCUT2D eigenvalue weighted by atomic mass is 10.2. The minimum atomic E-state index is -0.684. The molecule has 32 heavy (non-hydrogen) atoms. The predicted molar refractivity (Wildman–Crippen MR) is 126 cm³/mol. The summed E-state index contributed by atoms with van der Waals surface area (Å²) in [4.78, 5) is 43.5. The second-order valence-electron chi connectivity index (χ2n) is 6.86. The first-order chi connectivity index (χ1) is 15.3. The van der Waals surface area contributed by atoms with Crippen molar-refractivity contribution >= 4 is 56.6 Å². The van der Waals surface area contributed by atoms with Gasteiger partial charge in [0.25, 0.3) is 5.56 Å². The maximum Gasteiger partial charge on any atom is 0.337 e. The van der Waals surface area contributed by atoms with Crippen molar-refractivity contribution in [2.24, 2.45) is 0 Å². The van der Waals surface area contributed by atoms with Gasteiger partial charge in [-0.1, -0.05) is 41.1 Å². The molecule has 0 saturated heterocycles. The predicted octanol–water partition coefficient (Wildman–Crippen LogP) is 4.07. The normalized spacial score (nSPS) is 11.1. The van der Waals surface area contributed by atoms with Crippen molar-refractivity contribution in [3.63, 3.8) is 0 Å². The fourth-order valence-corrected chi connectivity index (χ4v) is 4.76. The Balaban J connectivity index is 1.82. The minimum Gasteiger partial charge on any atom is -0.324 e. The average molecular weight is 491 g/mol. The minimum absolute atomic E-state index is 0.139. The third kappa shape index (κ3) is 4.21. The first kappa shape index (κ1) is 22.3. The third-order valence-corrected chi connectivity index (χ3v) is 6.94. The van der Waals surface area contributed by atoms with Gasteiger partial charge in [-0.3, -0.25) is 14.2 Å². The van der Waals surface area contributed by atoms with Gasteiger partial charge in [-0.05, 0) is 43.5 Å². The number of amides is 1. The van der Waals surface area contributed by atoms with Gasteiger partial charge in [0.2, 0.25) is 5.91 Å². The Labute approximate surface area is 194 Å². The summed E-state index contributed by atoms with van der Waals surface area (Å²) in [6.45, 7) is 1.50. The van der Waals surface area contributed by atoms with Crippen molar-refractivity contribution in [3.8, 4) is 5.69 Å². The summed E-state index contributed by atoms with van der Waals surface area (Å²) in [7, 11) is 0. The summed E-state index contributed by atoms with van der Waals surface area (Å²) in [6.07, 6.45) is 1.81. The van der Waals surface area contributed by atoms with Crippen LogP contribution in [0, 0.1) is 12.7 Å². The van der Waals surface area contributed by atoms with Gasteiger partial charge >= 0.3 is 5.69 Å². The van der Waals surface area contributed by atoms with E-state index in [-0.39, 0.29) is 21.1 Å². The summed E-state index contributed by atoms with van der Waals surface area (Å²) in [5.41, 5.74) is 0.616. The van der Waals surface area contributed by atoms with Crippen LogP contribution in [0.2, 0.25) is 5.02 Å². The van der Waals surface area contributed by atoms with Crippen molar-refractivity contribution in [1.29, 1.82) is 0 Å². The van der Waals surface area contributed by atoms with Crippen molar-refractivity contribution in [2.45, 2.75) is 17.8 Å². The van der Waals surface area contributed by atoms with Crippen LogP contribution in [-0.4, -0.2) is 26.3 Å². The smallest absolute Gasteiger partial charge is 0.324 e. The topological polar surface area (TPSA) is 86.0 Å². The van der Waals surface area contributed by atoms with E-state index in [0.29, 0.717) is 10.0 Å². The molecule has 1 N–H and O–H groups in total. The molecule has 7 nitrogen and oxygen atoms in total. The molecule has 2 heterocycles. The van der Waals surface area contributed by atoms with Crippen LogP contribution in [0.4, 0.5) is 10.1 Å². The Morgan fingerprint density at radius 1 is 1.22 bits per heavy atom. The Hall–Kier alpha value is -2.95. The highest BCUT2D eigenvalue weighted by molar-refractivity contribution is 8.00. The number of nitrogens with zero attached hydrogens (tertiary/aromatic N) is 3. The van der Waals surface area contributed by atoms with E-state index in [1.165, 1.54) is 23.9 Å². The molecular formula is C21H16ClFN4O3S2. The first-order valence-corrected chi connectivity index (χ1v) is 11.7. The number of thioether (sulfide) groups is 1. The largest absolute Gasteiger partial charge is 0.337 e. The van der Waals surface area contributed by atoms with Crippen LogP contribution in [0.1, 0.15) is 5.56 Å². The van der Waals surface area contributed by atoms with Crippen molar-refractivity contribution in [1.82, 2.24) is 14.1 Å². The summed E-state index contributed by atoms with van der Waals surface area (Å²) >= 11 is 8.27. The van der Waals surface area contributed by atoms with E-state index in [0.717, 1.165) is 32.1 Å². The molecule has 0 saturated carbocycles. The van der Waals surface area contributed by atoms with E-state index in [1.54, 1.807) is 24.3 Å². The van der Waals surface area contributed by atoms with E-state index in [4.69, 9.17) is 11.6 Å². The van der Waals surface area contributed by atoms with Gasteiger partial charge in [0.05, 0.1) is 10.7 Å². The van der Waals surface area contributed by atoms with E-state index in [2.05, 4.69) is 10.3 Å². The molecule has 0 atom stereocenters. The summed E-state index contributed by atoms with van der Waals surface area (Å²) in [5.74, 6) is -1.16. The van der Waals surface area contributed by atoms with Crippen LogP contribution in [0.15, 0.2) is 56.4 Å². The first-order valence-electron chi connectivity index (χ1n) is 9.31. The number of thiazole rings is 1. The van der Waals surface area contributed by atoms with Gasteiger partial charge in [0, 0.05) is 5.69 Å². The van der Waals surface area contributed by atoms with Gasteiger partial charge in [0.1, 0.15) is 17.1 Å². The van der Waals surface area contributed by atoms with Gasteiger partial charge in [0.15, 0.2) is 9.99 Å². The quantitative estimate of drug-likeness (QED) is 0.426. The van der Waals surface area contributed by atoms with Gasteiger partial charge in [-0.25, -0.2) is 18.7 Å². The number of hydrogen-bond acceptors (Lipinski definition) is 6. The number of fused-ring (bicyclic) bond motifs is 1. The number of halogens is 2. The van der Waals surface area contributed by atoms with Gasteiger partial charge < -0.3 is 5.32 Å². The van der Waals surface area contributed by atoms with E-state index >= 15 is 0 Å². The van der Waals surface area contributed by atoms with E-state index in [1.807, 2.05) is 13.2 Å². The number of benzene rings is 2. The maximum absolute atomic E-state index is 13.4. The summed E-state index contributed by atoms with van der Waals surface area (Å²) in [5, 5.41) is 2.45. The second kappa shape index (κ2) is 8.89. The molecule has 0 fully saturated rings. The molecule has 4 aromatic rings. The zero-order chi connectivity index (χ0) is 23.0. The van der Waals surface area contributed by atoms with Gasteiger partial charge in [-0.2, -0.15) is 0 Å². The summed E-state index contributed by atoms with van der Waals surface area (Å²) in [6, 6.07) is 10.7. The van der Waals surface area contributed by atoms with Gasteiger partial charge in [-0.15, -0.1) is 11.3 Å². The van der Waals surface area contributed by atoms with Crippen molar-refractivity contribution < 1.29 is 9.18 Å². The lowest BCUT2D eigenvalue weighted by molar-refractivity contribution is -0.116. The second-order valence-corrected chi connectivity index (χ2v) is 9.32. The molecule has 0 aliphatic heterocycles. The van der Waals surface area contributed by atoms with Crippen LogP contribution in [0.3, 0.4) is 0 Å². The lowest BCUT2D eigenvalue weighted by Crippen LogP contribution is -2.40. The van der Waals surface area contributed by atoms with E-state index in [9.17, 15) is 18.8 Å². The van der Waals surface area contributed by atoms with Crippen LogP contribution >= 0.6 is 34.7 Å². The molecule has 2 aromatic carbocycles. The highest BCUT2D eigenvalue weighted by Crippen LogP contribution is 2.25. The zero-order valence-corrected chi connectivity index (χ0v) is 19.3. The Bertz CT molecular complexity index is 1460. The number of rotatable bonds is 5. The van der Waals surface area contributed by atoms with Crippen LogP contribution in [-0.2, 0) is 11.3 Å². The Morgan fingerprint density at radius 2 is 1.94 bits per heavy atom. The molecular weight excluding hydrogens is 475 g/mol. The molecule has 164 valence electrons. The molecule has 0 radical (unpaired) electrons. The molecule has 11 heteroatoms. The van der Waals surface area contributed by atoms with Crippen LogP contribution in [0.25, 0.3) is 16.0 Å². The fourth-order valence-electron chi connectivity index (χ4n) is 3.08. The number of anilines is 1. The molecule has 0 spiro atoms. The zero-order valence-electron chi connectivity index (χ0n) is 16.9. The Morgan fingerprint density at radius 3 is 2.59 bits per heavy atom. The Kier molecular flexibility index (Phi) is 6.18. The third-order valence-electron chi connectivity index (χ3n) is 4.64. The molecule has 0 unspecified atom stereocenters. The van der Waals surface area contributed by atoms with Crippen LogP contribution in [0.5, 0.6) is 0 Å². The van der Waals surface area contributed by atoms with E-state index < -0.39 is 29.5 Å². The SMILES string of the molecule is CSc1nc2c(s1)c(=O)n(-c1ccc(C)cc1)c(=O)n2CC(=O)Nc1ccc(F)c(Cl)c1. The number of nitrogens with one attached hydrogen (secondary N) is 1. The van der Waals surface area contributed by atoms with Crippen molar-refractivity contribution in [2.75, 3.05) is 11.6 Å². The maximum atomic E-state index is 13.4. The highest BCUT2D eigenvalue weighted by Gasteiger charge is 2.20. The number of aryl methyl sites for hydroxylation is 1. The molecule has 0 aliphatic rings. The molecule has 0 bridgehead atoms. The standard InChI is InChI=1S/C21H16ClFN4O3S2/c1-11-3-6-13(7-4-11)27-19(29)17-18(25-20(31-2)32-17)26(21(27)30)10-16(28)24-12-5-8-15(23)14(22)9-12/h3-9H,10H2,1-2H3,(H,24,28). The number of carbonyl (C=O) groups is 1. The number of aromatic nitrogens is 3. The number of hydrogen-bond donors (Lipinski definition) is 1. The highest BCUT2D eigenvalue weighted by atomic mass is 35.5. The molecule has 1 amide bonds. The fraction of sp³-hybridized carbons (Fsp3) is 0.143.